The predicted molar refractivity (Wildman–Crippen MR) is 116 cm³/mol. The molecule has 1 heterocycles. The Hall–Kier alpha value is -2.38. The molecule has 0 bridgehead atoms. The summed E-state index contributed by atoms with van der Waals surface area (Å²) in [7, 11) is 0. The first-order valence-corrected chi connectivity index (χ1v) is 10.2. The van der Waals surface area contributed by atoms with E-state index >= 15 is 0 Å². The molecule has 0 saturated carbocycles. The fraction of sp³-hybridized carbons (Fsp3) is 0.286. The van der Waals surface area contributed by atoms with Gasteiger partial charge in [0.05, 0.1) is 19.8 Å². The predicted octanol–water partition coefficient (Wildman–Crippen LogP) is 4.32. The summed E-state index contributed by atoms with van der Waals surface area (Å²) in [5, 5.41) is 0. The first-order chi connectivity index (χ1) is 13.4. The molecule has 0 radical (unpaired) electrons. The molecule has 0 unspecified atom stereocenters. The maximum atomic E-state index is 12.1. The highest BCUT2D eigenvalue weighted by atomic mass is 32.2. The number of carbonyl (C=O) groups is 2. The minimum absolute atomic E-state index is 0.163. The normalized spacial score (nSPS) is 15.5. The number of benzene rings is 1. The van der Waals surface area contributed by atoms with Crippen molar-refractivity contribution in [3.05, 3.63) is 64.2 Å². The second-order valence-corrected chi connectivity index (χ2v) is 7.65. The number of esters is 2. The molecule has 1 aliphatic rings. The molecular formula is C21H23NO4S2. The van der Waals surface area contributed by atoms with E-state index in [1.165, 1.54) is 18.0 Å². The molecule has 1 saturated heterocycles. The molecule has 0 atom stereocenters. The number of allylic oxidation sites excluding steroid dienone is 2. The Morgan fingerprint density at radius 1 is 1.14 bits per heavy atom. The molecule has 1 fully saturated rings. The summed E-state index contributed by atoms with van der Waals surface area (Å²) in [4.78, 5) is 27.0. The molecule has 1 aliphatic heterocycles. The van der Waals surface area contributed by atoms with Crippen LogP contribution in [0.2, 0.25) is 0 Å². The molecule has 1 aromatic carbocycles. The Kier molecular flexibility index (Phi) is 8.47. The van der Waals surface area contributed by atoms with Crippen LogP contribution >= 0.6 is 24.0 Å². The van der Waals surface area contributed by atoms with Gasteiger partial charge in [0, 0.05) is 11.1 Å². The van der Waals surface area contributed by atoms with Crippen molar-refractivity contribution in [2.45, 2.75) is 20.8 Å². The lowest BCUT2D eigenvalue weighted by atomic mass is 10.1. The van der Waals surface area contributed by atoms with Crippen LogP contribution in [0.1, 0.15) is 26.3 Å². The van der Waals surface area contributed by atoms with Crippen molar-refractivity contribution >= 4 is 46.3 Å². The second-order valence-electron chi connectivity index (χ2n) is 5.89. The lowest BCUT2D eigenvalue weighted by Crippen LogP contribution is -2.24. The molecule has 0 aliphatic carbocycles. The standard InChI is InChI=1S/C21H23NO4S2/c1-4-25-19(23)18(20(24)26-5-2)14-22-13-17(28-21(22)27)12-15(3)11-16-9-7-6-8-10-16/h6-12,14H,4-5,13H2,1-3H3/b15-11-,17-12-. The van der Waals surface area contributed by atoms with E-state index in [2.05, 4.69) is 6.08 Å². The van der Waals surface area contributed by atoms with Gasteiger partial charge in [0.1, 0.15) is 4.32 Å². The topological polar surface area (TPSA) is 55.8 Å². The molecule has 0 spiro atoms. The van der Waals surface area contributed by atoms with E-state index in [-0.39, 0.29) is 18.8 Å². The van der Waals surface area contributed by atoms with Crippen molar-refractivity contribution in [2.24, 2.45) is 0 Å². The van der Waals surface area contributed by atoms with Gasteiger partial charge in [-0.25, -0.2) is 9.59 Å². The number of nitrogens with zero attached hydrogens (tertiary/aromatic N) is 1. The number of carbonyl (C=O) groups excluding carboxylic acids is 2. The Morgan fingerprint density at radius 3 is 2.32 bits per heavy atom. The average molecular weight is 418 g/mol. The summed E-state index contributed by atoms with van der Waals surface area (Å²) in [6.45, 7) is 6.20. The van der Waals surface area contributed by atoms with Gasteiger partial charge >= 0.3 is 11.9 Å². The first-order valence-electron chi connectivity index (χ1n) is 8.93. The molecule has 0 amide bonds. The Morgan fingerprint density at radius 2 is 1.75 bits per heavy atom. The van der Waals surface area contributed by atoms with Crippen LogP contribution in [0.3, 0.4) is 0 Å². The number of rotatable bonds is 7. The lowest BCUT2D eigenvalue weighted by molar-refractivity contribution is -0.146. The van der Waals surface area contributed by atoms with Gasteiger partial charge < -0.3 is 14.4 Å². The Balaban J connectivity index is 2.19. The van der Waals surface area contributed by atoms with Gasteiger partial charge in [-0.3, -0.25) is 0 Å². The van der Waals surface area contributed by atoms with Gasteiger partial charge in [0.2, 0.25) is 0 Å². The third-order valence-corrected chi connectivity index (χ3v) is 5.04. The SMILES string of the molecule is CCOC(=O)C(=CN1C/C(=C/C(C)=C\c2ccccc2)SC1=S)C(=O)OCC. The monoisotopic (exact) mass is 417 g/mol. The quantitative estimate of drug-likeness (QED) is 0.215. The van der Waals surface area contributed by atoms with Crippen LogP contribution in [0.4, 0.5) is 0 Å². The van der Waals surface area contributed by atoms with E-state index in [1.54, 1.807) is 18.7 Å². The average Bonchev–Trinajstić information content (AvgIpc) is 2.99. The van der Waals surface area contributed by atoms with Crippen LogP contribution in [-0.2, 0) is 19.1 Å². The maximum Gasteiger partial charge on any atom is 0.347 e. The lowest BCUT2D eigenvalue weighted by Gasteiger charge is -2.13. The van der Waals surface area contributed by atoms with Crippen molar-refractivity contribution in [3.63, 3.8) is 0 Å². The zero-order chi connectivity index (χ0) is 20.5. The van der Waals surface area contributed by atoms with E-state index in [1.807, 2.05) is 43.3 Å². The van der Waals surface area contributed by atoms with Crippen LogP contribution in [0, 0.1) is 0 Å². The zero-order valence-corrected chi connectivity index (χ0v) is 17.8. The molecule has 0 N–H and O–H groups in total. The number of thioether (sulfide) groups is 1. The van der Waals surface area contributed by atoms with Crippen molar-refractivity contribution in [3.8, 4) is 0 Å². The highest BCUT2D eigenvalue weighted by Gasteiger charge is 2.27. The summed E-state index contributed by atoms with van der Waals surface area (Å²) in [6.07, 6.45) is 5.55. The summed E-state index contributed by atoms with van der Waals surface area (Å²) in [6, 6.07) is 10.0. The van der Waals surface area contributed by atoms with Crippen molar-refractivity contribution in [1.82, 2.24) is 4.90 Å². The summed E-state index contributed by atoms with van der Waals surface area (Å²) >= 11 is 6.83. The molecule has 7 heteroatoms. The Bertz CT molecular complexity index is 808. The number of thiocarbonyl (C=S) groups is 1. The van der Waals surface area contributed by atoms with E-state index in [0.29, 0.717) is 10.9 Å². The minimum atomic E-state index is -0.716. The van der Waals surface area contributed by atoms with Crippen molar-refractivity contribution < 1.29 is 19.1 Å². The van der Waals surface area contributed by atoms with E-state index in [4.69, 9.17) is 21.7 Å². The molecule has 5 nitrogen and oxygen atoms in total. The zero-order valence-electron chi connectivity index (χ0n) is 16.1. The fourth-order valence-corrected chi connectivity index (χ4v) is 3.82. The molecule has 28 heavy (non-hydrogen) atoms. The van der Waals surface area contributed by atoms with Crippen LogP contribution < -0.4 is 0 Å². The smallest absolute Gasteiger partial charge is 0.347 e. The van der Waals surface area contributed by atoms with Crippen molar-refractivity contribution in [2.75, 3.05) is 19.8 Å². The van der Waals surface area contributed by atoms with Crippen molar-refractivity contribution in [1.29, 1.82) is 0 Å². The van der Waals surface area contributed by atoms with E-state index < -0.39 is 11.9 Å². The summed E-state index contributed by atoms with van der Waals surface area (Å²) in [5.41, 5.74) is 2.04. The van der Waals surface area contributed by atoms with Gasteiger partial charge in [-0.15, -0.1) is 0 Å². The second kappa shape index (κ2) is 10.8. The maximum absolute atomic E-state index is 12.1. The van der Waals surface area contributed by atoms with Gasteiger partial charge in [0.15, 0.2) is 5.57 Å². The van der Waals surface area contributed by atoms with Crippen LogP contribution in [0.15, 0.2) is 58.7 Å². The van der Waals surface area contributed by atoms with Gasteiger partial charge in [-0.1, -0.05) is 60.4 Å². The molecule has 2 rings (SSSR count). The van der Waals surface area contributed by atoms with E-state index in [0.717, 1.165) is 16.0 Å². The Labute approximate surface area is 175 Å². The molecule has 148 valence electrons. The third kappa shape index (κ3) is 6.35. The molecular weight excluding hydrogens is 394 g/mol. The fourth-order valence-electron chi connectivity index (χ4n) is 2.48. The number of ether oxygens (including phenoxy) is 2. The first kappa shape index (κ1) is 21.9. The van der Waals surface area contributed by atoms with Crippen LogP contribution in [0.25, 0.3) is 6.08 Å². The number of hydrogen-bond acceptors (Lipinski definition) is 6. The molecule has 1 aromatic rings. The largest absolute Gasteiger partial charge is 0.462 e. The highest BCUT2D eigenvalue weighted by Crippen LogP contribution is 2.31. The van der Waals surface area contributed by atoms with Crippen LogP contribution in [-0.4, -0.2) is 40.9 Å². The minimum Gasteiger partial charge on any atom is -0.462 e. The van der Waals surface area contributed by atoms with E-state index in [9.17, 15) is 9.59 Å². The highest BCUT2D eigenvalue weighted by molar-refractivity contribution is 8.25. The van der Waals surface area contributed by atoms with Gasteiger partial charge in [-0.2, -0.15) is 0 Å². The summed E-state index contributed by atoms with van der Waals surface area (Å²) in [5.74, 6) is -1.43. The van der Waals surface area contributed by atoms with Crippen LogP contribution in [0.5, 0.6) is 0 Å². The van der Waals surface area contributed by atoms with Gasteiger partial charge in [-0.05, 0) is 38.0 Å². The third-order valence-electron chi connectivity index (χ3n) is 3.64. The van der Waals surface area contributed by atoms with Gasteiger partial charge in [0.25, 0.3) is 0 Å². The number of hydrogen-bond donors (Lipinski definition) is 0. The summed E-state index contributed by atoms with van der Waals surface area (Å²) < 4.78 is 10.5. The molecule has 0 aromatic heterocycles.